The summed E-state index contributed by atoms with van der Waals surface area (Å²) in [4.78, 5) is 11.9. The Morgan fingerprint density at radius 3 is 2.61 bits per heavy atom. The zero-order valence-electron chi connectivity index (χ0n) is 13.9. The molecule has 1 amide bonds. The van der Waals surface area contributed by atoms with Crippen LogP contribution in [0.15, 0.2) is 18.2 Å². The lowest BCUT2D eigenvalue weighted by atomic mass is 10.2. The van der Waals surface area contributed by atoms with Gasteiger partial charge in [0.1, 0.15) is 0 Å². The summed E-state index contributed by atoms with van der Waals surface area (Å²) in [5.74, 6) is -0.144. The Morgan fingerprint density at radius 2 is 2.00 bits per heavy atom. The molecular weight excluding hydrogens is 336 g/mol. The van der Waals surface area contributed by atoms with Crippen molar-refractivity contribution in [2.45, 2.75) is 39.5 Å². The number of hydrogen-bond acceptors (Lipinski definition) is 3. The molecule has 0 unspecified atom stereocenters. The minimum atomic E-state index is -3.49. The number of hydrogen-bond donors (Lipinski definition) is 1. The van der Waals surface area contributed by atoms with Crippen LogP contribution in [0.4, 0.5) is 5.69 Å². The van der Waals surface area contributed by atoms with E-state index in [0.717, 1.165) is 31.1 Å². The van der Waals surface area contributed by atoms with Gasteiger partial charge in [0, 0.05) is 24.5 Å². The number of amides is 1. The molecule has 0 spiro atoms. The van der Waals surface area contributed by atoms with Crippen LogP contribution in [-0.4, -0.2) is 33.7 Å². The second kappa shape index (κ2) is 9.13. The molecule has 0 aliphatic heterocycles. The average Bonchev–Trinajstić information content (AvgIpc) is 2.46. The third-order valence-electron chi connectivity index (χ3n) is 3.48. The summed E-state index contributed by atoms with van der Waals surface area (Å²) in [5.41, 5.74) is 1.31. The Bertz CT molecular complexity index is 632. The van der Waals surface area contributed by atoms with Crippen molar-refractivity contribution in [1.82, 2.24) is 5.32 Å². The lowest BCUT2D eigenvalue weighted by Gasteiger charge is -2.24. The predicted molar refractivity (Wildman–Crippen MR) is 95.5 cm³/mol. The molecular formula is C16H25ClN2O3S. The van der Waals surface area contributed by atoms with E-state index in [1.807, 2.05) is 6.92 Å². The molecule has 1 aromatic rings. The first-order valence-electron chi connectivity index (χ1n) is 7.76. The van der Waals surface area contributed by atoms with Crippen LogP contribution >= 0.6 is 11.6 Å². The first-order chi connectivity index (χ1) is 10.8. The summed E-state index contributed by atoms with van der Waals surface area (Å²) in [5, 5.41) is 3.28. The van der Waals surface area contributed by atoms with Crippen molar-refractivity contribution in [3.05, 3.63) is 28.8 Å². The van der Waals surface area contributed by atoms with E-state index < -0.39 is 10.0 Å². The van der Waals surface area contributed by atoms with Crippen LogP contribution in [0.2, 0.25) is 5.02 Å². The molecule has 0 aliphatic carbocycles. The number of rotatable bonds is 9. The maximum absolute atomic E-state index is 12.1. The maximum atomic E-state index is 12.1. The SMILES string of the molecule is CCCCCNC(=O)CCN(c1cc(Cl)ccc1C)S(C)(=O)=O. The molecule has 0 atom stereocenters. The summed E-state index contributed by atoms with van der Waals surface area (Å²) in [6.07, 6.45) is 4.34. The minimum absolute atomic E-state index is 0.0969. The fourth-order valence-electron chi connectivity index (χ4n) is 2.21. The van der Waals surface area contributed by atoms with Gasteiger partial charge in [-0.1, -0.05) is 37.4 Å². The number of halogens is 1. The molecule has 23 heavy (non-hydrogen) atoms. The van der Waals surface area contributed by atoms with Crippen LogP contribution in [0.1, 0.15) is 38.2 Å². The highest BCUT2D eigenvalue weighted by Crippen LogP contribution is 2.26. The molecule has 1 N–H and O–H groups in total. The number of aryl methyl sites for hydroxylation is 1. The fraction of sp³-hybridized carbons (Fsp3) is 0.562. The summed E-state index contributed by atoms with van der Waals surface area (Å²) in [7, 11) is -3.49. The number of carbonyl (C=O) groups is 1. The van der Waals surface area contributed by atoms with Gasteiger partial charge in [-0.15, -0.1) is 0 Å². The minimum Gasteiger partial charge on any atom is -0.356 e. The monoisotopic (exact) mass is 360 g/mol. The zero-order valence-corrected chi connectivity index (χ0v) is 15.5. The standard InChI is InChI=1S/C16H25ClN2O3S/c1-4-5-6-10-18-16(20)9-11-19(23(3,21)22)15-12-14(17)8-7-13(15)2/h7-8,12H,4-6,9-11H2,1-3H3,(H,18,20). The first kappa shape index (κ1) is 19.8. The van der Waals surface area contributed by atoms with E-state index in [1.165, 1.54) is 4.31 Å². The molecule has 5 nitrogen and oxygen atoms in total. The van der Waals surface area contributed by atoms with Crippen LogP contribution < -0.4 is 9.62 Å². The second-order valence-electron chi connectivity index (χ2n) is 5.57. The summed E-state index contributed by atoms with van der Waals surface area (Å²) >= 11 is 5.97. The highest BCUT2D eigenvalue weighted by atomic mass is 35.5. The number of unbranched alkanes of at least 4 members (excludes halogenated alkanes) is 2. The Labute approximate surface area is 144 Å². The van der Waals surface area contributed by atoms with Crippen molar-refractivity contribution in [3.8, 4) is 0 Å². The van der Waals surface area contributed by atoms with Crippen molar-refractivity contribution in [1.29, 1.82) is 0 Å². The largest absolute Gasteiger partial charge is 0.356 e. The fourth-order valence-corrected chi connectivity index (χ4v) is 3.35. The highest BCUT2D eigenvalue weighted by Gasteiger charge is 2.20. The summed E-state index contributed by atoms with van der Waals surface area (Å²) in [6.45, 7) is 4.63. The van der Waals surface area contributed by atoms with Crippen molar-refractivity contribution >= 4 is 33.2 Å². The zero-order chi connectivity index (χ0) is 17.5. The second-order valence-corrected chi connectivity index (χ2v) is 7.92. The third-order valence-corrected chi connectivity index (χ3v) is 4.90. The lowest BCUT2D eigenvalue weighted by Crippen LogP contribution is -2.35. The predicted octanol–water partition coefficient (Wildman–Crippen LogP) is 3.11. The Kier molecular flexibility index (Phi) is 7.85. The highest BCUT2D eigenvalue weighted by molar-refractivity contribution is 7.92. The smallest absolute Gasteiger partial charge is 0.232 e. The molecule has 130 valence electrons. The number of anilines is 1. The summed E-state index contributed by atoms with van der Waals surface area (Å²) < 4.78 is 25.4. The van der Waals surface area contributed by atoms with Gasteiger partial charge in [-0.2, -0.15) is 0 Å². The van der Waals surface area contributed by atoms with E-state index in [2.05, 4.69) is 12.2 Å². The van der Waals surface area contributed by atoms with Crippen LogP contribution in [-0.2, 0) is 14.8 Å². The molecule has 0 aromatic heterocycles. The van der Waals surface area contributed by atoms with Gasteiger partial charge in [-0.25, -0.2) is 8.42 Å². The van der Waals surface area contributed by atoms with Gasteiger partial charge in [0.2, 0.25) is 15.9 Å². The van der Waals surface area contributed by atoms with Crippen LogP contribution in [0.3, 0.4) is 0 Å². The normalized spacial score (nSPS) is 11.3. The molecule has 0 heterocycles. The Morgan fingerprint density at radius 1 is 1.30 bits per heavy atom. The van der Waals surface area contributed by atoms with Gasteiger partial charge in [-0.05, 0) is 31.0 Å². The molecule has 1 aromatic carbocycles. The number of nitrogens with zero attached hydrogens (tertiary/aromatic N) is 1. The Balaban J connectivity index is 2.74. The first-order valence-corrected chi connectivity index (χ1v) is 9.99. The van der Waals surface area contributed by atoms with E-state index in [9.17, 15) is 13.2 Å². The van der Waals surface area contributed by atoms with Crippen molar-refractivity contribution in [3.63, 3.8) is 0 Å². The van der Waals surface area contributed by atoms with Crippen LogP contribution in [0.25, 0.3) is 0 Å². The molecule has 0 saturated heterocycles. The topological polar surface area (TPSA) is 66.5 Å². The van der Waals surface area contributed by atoms with Gasteiger partial charge in [0.05, 0.1) is 11.9 Å². The quantitative estimate of drug-likeness (QED) is 0.688. The van der Waals surface area contributed by atoms with E-state index in [4.69, 9.17) is 11.6 Å². The third kappa shape index (κ3) is 6.79. The van der Waals surface area contributed by atoms with E-state index >= 15 is 0 Å². The van der Waals surface area contributed by atoms with Gasteiger partial charge in [-0.3, -0.25) is 9.10 Å². The van der Waals surface area contributed by atoms with Crippen LogP contribution in [0.5, 0.6) is 0 Å². The molecule has 0 aliphatic rings. The average molecular weight is 361 g/mol. The van der Waals surface area contributed by atoms with Gasteiger partial charge in [0.15, 0.2) is 0 Å². The number of carbonyl (C=O) groups excluding carboxylic acids is 1. The van der Waals surface area contributed by atoms with Gasteiger partial charge >= 0.3 is 0 Å². The molecule has 0 saturated carbocycles. The number of nitrogens with one attached hydrogen (secondary N) is 1. The molecule has 7 heteroatoms. The van der Waals surface area contributed by atoms with Gasteiger partial charge in [0.25, 0.3) is 0 Å². The van der Waals surface area contributed by atoms with Crippen molar-refractivity contribution in [2.75, 3.05) is 23.7 Å². The van der Waals surface area contributed by atoms with E-state index in [0.29, 0.717) is 17.3 Å². The van der Waals surface area contributed by atoms with E-state index in [1.54, 1.807) is 18.2 Å². The van der Waals surface area contributed by atoms with Crippen molar-refractivity contribution in [2.24, 2.45) is 0 Å². The lowest BCUT2D eigenvalue weighted by molar-refractivity contribution is -0.120. The van der Waals surface area contributed by atoms with Crippen LogP contribution in [0, 0.1) is 6.92 Å². The maximum Gasteiger partial charge on any atom is 0.232 e. The number of benzene rings is 1. The molecule has 0 bridgehead atoms. The number of sulfonamides is 1. The van der Waals surface area contributed by atoms with E-state index in [-0.39, 0.29) is 18.9 Å². The Hall–Kier alpha value is -1.27. The summed E-state index contributed by atoms with van der Waals surface area (Å²) in [6, 6.07) is 5.08. The van der Waals surface area contributed by atoms with Gasteiger partial charge < -0.3 is 5.32 Å². The van der Waals surface area contributed by atoms with Crippen molar-refractivity contribution < 1.29 is 13.2 Å². The molecule has 1 rings (SSSR count). The molecule has 0 fully saturated rings. The molecule has 0 radical (unpaired) electrons.